The second kappa shape index (κ2) is 12.7. The van der Waals surface area contributed by atoms with Gasteiger partial charge >= 0.3 is 5.97 Å². The minimum Gasteiger partial charge on any atom is -0.481 e. The van der Waals surface area contributed by atoms with Crippen molar-refractivity contribution in [3.8, 4) is 0 Å². The highest BCUT2D eigenvalue weighted by Gasteiger charge is 2.49. The molecule has 1 rings (SSSR count). The monoisotopic (exact) mass is 340 g/mol. The molecule has 0 bridgehead atoms. The number of carbonyl (C=O) groups is 1. The van der Waals surface area contributed by atoms with Crippen molar-refractivity contribution in [1.82, 2.24) is 0 Å². The van der Waals surface area contributed by atoms with Crippen LogP contribution in [0.2, 0.25) is 0 Å². The van der Waals surface area contributed by atoms with Gasteiger partial charge in [0.2, 0.25) is 0 Å². The van der Waals surface area contributed by atoms with Crippen molar-refractivity contribution in [3.05, 3.63) is 0 Å². The fourth-order valence-corrected chi connectivity index (χ4v) is 3.72. The zero-order valence-corrected chi connectivity index (χ0v) is 16.2. The summed E-state index contributed by atoms with van der Waals surface area (Å²) in [6, 6.07) is 0. The molecule has 1 aliphatic rings. The number of epoxide rings is 1. The first kappa shape index (κ1) is 21.5. The Morgan fingerprint density at radius 3 is 1.62 bits per heavy atom. The van der Waals surface area contributed by atoms with Gasteiger partial charge in [0, 0.05) is 6.42 Å². The molecule has 1 fully saturated rings. The van der Waals surface area contributed by atoms with Crippen LogP contribution in [-0.4, -0.2) is 22.8 Å². The maximum Gasteiger partial charge on any atom is 0.303 e. The lowest BCUT2D eigenvalue weighted by molar-refractivity contribution is -0.137. The molecule has 0 radical (unpaired) electrons. The lowest BCUT2D eigenvalue weighted by Crippen LogP contribution is -2.08. The number of unbranched alkanes of at least 4 members (excludes halogenated alkanes) is 12. The predicted octanol–water partition coefficient (Wildman–Crippen LogP) is 6.49. The fourth-order valence-electron chi connectivity index (χ4n) is 3.72. The minimum atomic E-state index is -0.657. The molecular weight excluding hydrogens is 300 g/mol. The summed E-state index contributed by atoms with van der Waals surface area (Å²) in [5.41, 5.74) is 0.225. The van der Waals surface area contributed by atoms with Crippen LogP contribution in [0.3, 0.4) is 0 Å². The fraction of sp³-hybridized carbons (Fsp3) is 0.952. The first-order chi connectivity index (χ1) is 11.6. The van der Waals surface area contributed by atoms with Gasteiger partial charge in [0.25, 0.3) is 0 Å². The molecular formula is C21H40O3. The number of carboxylic acids is 1. The van der Waals surface area contributed by atoms with Crippen LogP contribution < -0.4 is 0 Å². The maximum atomic E-state index is 10.4. The van der Waals surface area contributed by atoms with E-state index in [4.69, 9.17) is 9.84 Å². The largest absolute Gasteiger partial charge is 0.481 e. The van der Waals surface area contributed by atoms with Gasteiger partial charge in [0.1, 0.15) is 0 Å². The smallest absolute Gasteiger partial charge is 0.303 e. The highest BCUT2D eigenvalue weighted by molar-refractivity contribution is 5.66. The average Bonchev–Trinajstić information content (AvgIpc) is 3.21. The molecule has 0 saturated carbocycles. The van der Waals surface area contributed by atoms with Crippen LogP contribution in [0, 0.1) is 0 Å². The van der Waals surface area contributed by atoms with Gasteiger partial charge in [-0.05, 0) is 26.2 Å². The Morgan fingerprint density at radius 1 is 0.833 bits per heavy atom. The molecule has 0 spiro atoms. The molecule has 0 aliphatic carbocycles. The van der Waals surface area contributed by atoms with Gasteiger partial charge in [0.15, 0.2) is 0 Å². The zero-order valence-electron chi connectivity index (χ0n) is 16.2. The summed E-state index contributed by atoms with van der Waals surface area (Å²) in [6.45, 7) is 4.49. The van der Waals surface area contributed by atoms with Gasteiger partial charge in [0.05, 0.1) is 11.7 Å². The zero-order chi connectivity index (χ0) is 17.7. The third kappa shape index (κ3) is 10.3. The molecule has 0 amide bonds. The van der Waals surface area contributed by atoms with Crippen molar-refractivity contribution in [2.45, 2.75) is 128 Å². The second-order valence-electron chi connectivity index (χ2n) is 7.82. The van der Waals surface area contributed by atoms with Crippen LogP contribution in [0.25, 0.3) is 0 Å². The Labute approximate surface area is 149 Å². The molecule has 1 N–H and O–H groups in total. The molecule has 2 atom stereocenters. The molecule has 2 unspecified atom stereocenters. The highest BCUT2D eigenvalue weighted by Crippen LogP contribution is 2.42. The van der Waals surface area contributed by atoms with Gasteiger partial charge in [-0.3, -0.25) is 4.79 Å². The second-order valence-corrected chi connectivity index (χ2v) is 7.82. The quantitative estimate of drug-likeness (QED) is 0.243. The molecule has 3 nitrogen and oxygen atoms in total. The van der Waals surface area contributed by atoms with E-state index < -0.39 is 5.97 Å². The Morgan fingerprint density at radius 2 is 1.25 bits per heavy atom. The molecule has 1 heterocycles. The van der Waals surface area contributed by atoms with E-state index in [-0.39, 0.29) is 5.60 Å². The van der Waals surface area contributed by atoms with Crippen molar-refractivity contribution in [1.29, 1.82) is 0 Å². The number of hydrogen-bond acceptors (Lipinski definition) is 2. The molecule has 0 aromatic rings. The Hall–Kier alpha value is -0.570. The van der Waals surface area contributed by atoms with E-state index in [1.54, 1.807) is 0 Å². The van der Waals surface area contributed by atoms with Gasteiger partial charge < -0.3 is 9.84 Å². The molecule has 24 heavy (non-hydrogen) atoms. The average molecular weight is 341 g/mol. The van der Waals surface area contributed by atoms with E-state index in [1.807, 2.05) is 0 Å². The van der Waals surface area contributed by atoms with E-state index in [0.29, 0.717) is 12.5 Å². The summed E-state index contributed by atoms with van der Waals surface area (Å²) in [6.07, 6.45) is 20.0. The van der Waals surface area contributed by atoms with Gasteiger partial charge in [-0.15, -0.1) is 0 Å². The van der Waals surface area contributed by atoms with E-state index in [2.05, 4.69) is 13.8 Å². The summed E-state index contributed by atoms with van der Waals surface area (Å²) in [4.78, 5) is 10.4. The lowest BCUT2D eigenvalue weighted by Gasteiger charge is -2.06. The Balaban J connectivity index is 1.70. The van der Waals surface area contributed by atoms with Gasteiger partial charge in [-0.1, -0.05) is 84.0 Å². The topological polar surface area (TPSA) is 49.8 Å². The summed E-state index contributed by atoms with van der Waals surface area (Å²) in [7, 11) is 0. The molecule has 0 aromatic heterocycles. The van der Waals surface area contributed by atoms with Crippen LogP contribution in [-0.2, 0) is 9.53 Å². The molecule has 3 heteroatoms. The number of rotatable bonds is 17. The van der Waals surface area contributed by atoms with Crippen LogP contribution in [0.5, 0.6) is 0 Å². The Kier molecular flexibility index (Phi) is 11.4. The SMILES string of the molecule is CCC1OC1(C)CCCCCCCCCCCCCCCC(=O)O. The minimum absolute atomic E-state index is 0.225. The first-order valence-corrected chi connectivity index (χ1v) is 10.5. The van der Waals surface area contributed by atoms with Gasteiger partial charge in [-0.2, -0.15) is 0 Å². The third-order valence-corrected chi connectivity index (χ3v) is 5.47. The lowest BCUT2D eigenvalue weighted by atomic mass is 9.97. The Bertz CT molecular complexity index is 329. The molecule has 0 aromatic carbocycles. The normalized spacial score (nSPS) is 22.7. The third-order valence-electron chi connectivity index (χ3n) is 5.47. The van der Waals surface area contributed by atoms with Crippen molar-refractivity contribution >= 4 is 5.97 Å². The summed E-state index contributed by atoms with van der Waals surface area (Å²) >= 11 is 0. The molecule has 1 saturated heterocycles. The van der Waals surface area contributed by atoms with Crippen LogP contribution in [0.4, 0.5) is 0 Å². The molecule has 142 valence electrons. The summed E-state index contributed by atoms with van der Waals surface area (Å²) in [5.74, 6) is -0.657. The van der Waals surface area contributed by atoms with E-state index in [1.165, 1.54) is 83.5 Å². The summed E-state index contributed by atoms with van der Waals surface area (Å²) in [5, 5.41) is 8.56. The van der Waals surface area contributed by atoms with E-state index >= 15 is 0 Å². The standard InChI is InChI=1S/C21H40O3/c1-3-19-21(2,24-19)18-16-14-12-10-8-6-4-5-7-9-11-13-15-17-20(22)23/h19H,3-18H2,1-2H3,(H,22,23). The number of carboxylic acid groups (broad SMARTS) is 1. The highest BCUT2D eigenvalue weighted by atomic mass is 16.6. The van der Waals surface area contributed by atoms with Crippen LogP contribution in [0.15, 0.2) is 0 Å². The van der Waals surface area contributed by atoms with Crippen molar-refractivity contribution in [2.75, 3.05) is 0 Å². The molecule has 1 aliphatic heterocycles. The first-order valence-electron chi connectivity index (χ1n) is 10.5. The van der Waals surface area contributed by atoms with Crippen molar-refractivity contribution in [2.24, 2.45) is 0 Å². The van der Waals surface area contributed by atoms with Crippen LogP contribution in [0.1, 0.15) is 117 Å². The van der Waals surface area contributed by atoms with Gasteiger partial charge in [-0.25, -0.2) is 0 Å². The maximum absolute atomic E-state index is 10.4. The van der Waals surface area contributed by atoms with Crippen LogP contribution >= 0.6 is 0 Å². The predicted molar refractivity (Wildman–Crippen MR) is 100 cm³/mol. The number of ether oxygens (including phenoxy) is 1. The van der Waals surface area contributed by atoms with E-state index in [0.717, 1.165) is 12.8 Å². The summed E-state index contributed by atoms with van der Waals surface area (Å²) < 4.78 is 5.75. The van der Waals surface area contributed by atoms with E-state index in [9.17, 15) is 4.79 Å². The number of hydrogen-bond donors (Lipinski definition) is 1. The number of aliphatic carboxylic acids is 1. The van der Waals surface area contributed by atoms with Crippen molar-refractivity contribution in [3.63, 3.8) is 0 Å². The van der Waals surface area contributed by atoms with Crippen molar-refractivity contribution < 1.29 is 14.6 Å².